The molecule has 2 amide bonds. The fourth-order valence-corrected chi connectivity index (χ4v) is 5.90. The molecular weight excluding hydrogens is 435 g/mol. The number of piperidine rings is 1. The molecule has 1 unspecified atom stereocenters. The molecule has 11 heteroatoms. The Labute approximate surface area is 178 Å². The number of benzene rings is 2. The van der Waals surface area contributed by atoms with Crippen LogP contribution in [0.4, 0.5) is 20.6 Å². The van der Waals surface area contributed by atoms with Gasteiger partial charge in [-0.3, -0.25) is 4.90 Å². The van der Waals surface area contributed by atoms with Crippen LogP contribution in [0.1, 0.15) is 18.4 Å². The molecule has 1 saturated heterocycles. The molecule has 1 aliphatic rings. The molecule has 2 aromatic rings. The van der Waals surface area contributed by atoms with Gasteiger partial charge in [-0.2, -0.15) is 0 Å². The van der Waals surface area contributed by atoms with Crippen LogP contribution in [0.5, 0.6) is 5.75 Å². The number of urea groups is 1. The second-order valence-electron chi connectivity index (χ2n) is 6.87. The summed E-state index contributed by atoms with van der Waals surface area (Å²) in [5, 5.41) is 12.9. The van der Waals surface area contributed by atoms with Gasteiger partial charge in [0.25, 0.3) is 0 Å². The number of hydrogen-bond donors (Lipinski definition) is 4. The highest BCUT2D eigenvalue weighted by Gasteiger charge is 2.35. The van der Waals surface area contributed by atoms with Crippen LogP contribution >= 0.6 is 11.6 Å². The van der Waals surface area contributed by atoms with Gasteiger partial charge in [-0.25, -0.2) is 17.6 Å². The molecule has 0 spiro atoms. The molecule has 1 atom stereocenters. The van der Waals surface area contributed by atoms with Gasteiger partial charge in [-0.05, 0) is 43.7 Å². The van der Waals surface area contributed by atoms with Crippen LogP contribution in [0.25, 0.3) is 0 Å². The van der Waals surface area contributed by atoms with E-state index in [4.69, 9.17) is 23.1 Å². The standard InChI is InChI=1S/C19H22ClFN4O4S/c20-13-6-7-16(17(26)18(13)30(28,29)11-3-2-8-24-10-11)25(19(23)27)15-5-1-4-14(21)12(15)9-22/h1,4-7,11,24,26H,2-3,8-10,22H2,(H2,23,27). The summed E-state index contributed by atoms with van der Waals surface area (Å²) in [4.78, 5) is 12.6. The monoisotopic (exact) mass is 456 g/mol. The van der Waals surface area contributed by atoms with Gasteiger partial charge in [-0.1, -0.05) is 17.7 Å². The summed E-state index contributed by atoms with van der Waals surface area (Å²) in [6.45, 7) is 0.658. The highest BCUT2D eigenvalue weighted by atomic mass is 35.5. The number of hydrogen-bond acceptors (Lipinski definition) is 6. The van der Waals surface area contributed by atoms with Crippen molar-refractivity contribution in [2.45, 2.75) is 29.5 Å². The Hall–Kier alpha value is -2.40. The van der Waals surface area contributed by atoms with E-state index in [0.717, 1.165) is 4.90 Å². The number of carbonyl (C=O) groups is 1. The van der Waals surface area contributed by atoms with Gasteiger partial charge < -0.3 is 21.9 Å². The fraction of sp³-hybridized carbons (Fsp3) is 0.316. The van der Waals surface area contributed by atoms with Gasteiger partial charge in [-0.15, -0.1) is 0 Å². The first kappa shape index (κ1) is 22.3. The predicted molar refractivity (Wildman–Crippen MR) is 112 cm³/mol. The lowest BCUT2D eigenvalue weighted by Crippen LogP contribution is -2.39. The summed E-state index contributed by atoms with van der Waals surface area (Å²) in [5.74, 6) is -1.41. The van der Waals surface area contributed by atoms with Crippen molar-refractivity contribution in [1.82, 2.24) is 5.32 Å². The van der Waals surface area contributed by atoms with E-state index in [0.29, 0.717) is 19.4 Å². The summed E-state index contributed by atoms with van der Waals surface area (Å²) in [6, 6.07) is 5.33. The Morgan fingerprint density at radius 1 is 1.30 bits per heavy atom. The first-order valence-corrected chi connectivity index (χ1v) is 11.2. The molecule has 0 radical (unpaired) electrons. The Morgan fingerprint density at radius 2 is 2.03 bits per heavy atom. The number of nitrogens with zero attached hydrogens (tertiary/aromatic N) is 1. The van der Waals surface area contributed by atoms with Gasteiger partial charge in [0.1, 0.15) is 10.7 Å². The average Bonchev–Trinajstić information content (AvgIpc) is 2.70. The zero-order valence-corrected chi connectivity index (χ0v) is 17.5. The van der Waals surface area contributed by atoms with Gasteiger partial charge in [0.15, 0.2) is 15.6 Å². The number of sulfone groups is 1. The van der Waals surface area contributed by atoms with Crippen LogP contribution in [0.3, 0.4) is 0 Å². The van der Waals surface area contributed by atoms with E-state index in [9.17, 15) is 22.7 Å². The van der Waals surface area contributed by atoms with Gasteiger partial charge in [0.2, 0.25) is 0 Å². The Kier molecular flexibility index (Phi) is 6.51. The maximum absolute atomic E-state index is 14.2. The summed E-state index contributed by atoms with van der Waals surface area (Å²) < 4.78 is 40.6. The second kappa shape index (κ2) is 8.76. The SMILES string of the molecule is NCc1c(F)cccc1N(C(N)=O)c1ccc(Cl)c(S(=O)(=O)C2CCCNC2)c1O. The van der Waals surface area contributed by atoms with Crippen LogP contribution in [0, 0.1) is 5.82 Å². The van der Waals surface area contributed by atoms with Crippen molar-refractivity contribution < 1.29 is 22.7 Å². The molecule has 1 fully saturated rings. The van der Waals surface area contributed by atoms with Crippen molar-refractivity contribution in [2.75, 3.05) is 18.0 Å². The van der Waals surface area contributed by atoms with E-state index in [1.165, 1.54) is 30.3 Å². The summed E-state index contributed by atoms with van der Waals surface area (Å²) >= 11 is 6.15. The summed E-state index contributed by atoms with van der Waals surface area (Å²) in [5.41, 5.74) is 10.9. The third-order valence-corrected chi connectivity index (χ3v) is 7.73. The average molecular weight is 457 g/mol. The maximum atomic E-state index is 14.2. The molecule has 2 aromatic carbocycles. The molecule has 1 heterocycles. The highest BCUT2D eigenvalue weighted by molar-refractivity contribution is 7.92. The third-order valence-electron chi connectivity index (χ3n) is 5.04. The molecule has 162 valence electrons. The van der Waals surface area contributed by atoms with Crippen LogP contribution in [0.2, 0.25) is 5.02 Å². The van der Waals surface area contributed by atoms with E-state index in [1.54, 1.807) is 0 Å². The fourth-order valence-electron chi connectivity index (χ4n) is 3.56. The number of nitrogens with two attached hydrogens (primary N) is 2. The van der Waals surface area contributed by atoms with Crippen molar-refractivity contribution in [3.8, 4) is 5.75 Å². The minimum atomic E-state index is -4.03. The van der Waals surface area contributed by atoms with Crippen LogP contribution in [0.15, 0.2) is 35.2 Å². The van der Waals surface area contributed by atoms with Crippen molar-refractivity contribution >= 4 is 38.8 Å². The molecule has 1 aliphatic heterocycles. The van der Waals surface area contributed by atoms with Crippen LogP contribution in [-0.4, -0.2) is 37.9 Å². The number of amides is 2. The number of halogens is 2. The normalized spacial score (nSPS) is 17.0. The number of carbonyl (C=O) groups excluding carboxylic acids is 1. The summed E-state index contributed by atoms with van der Waals surface area (Å²) in [7, 11) is -4.03. The molecule has 0 aromatic heterocycles. The lowest BCUT2D eigenvalue weighted by atomic mass is 10.1. The number of phenolic OH excluding ortho intramolecular Hbond substituents is 1. The number of anilines is 2. The molecule has 0 saturated carbocycles. The van der Waals surface area contributed by atoms with E-state index in [2.05, 4.69) is 5.32 Å². The van der Waals surface area contributed by atoms with E-state index in [-0.39, 0.29) is 35.1 Å². The maximum Gasteiger partial charge on any atom is 0.324 e. The number of primary amides is 1. The number of phenols is 1. The second-order valence-corrected chi connectivity index (χ2v) is 9.45. The Morgan fingerprint density at radius 3 is 2.63 bits per heavy atom. The van der Waals surface area contributed by atoms with E-state index in [1.807, 2.05) is 0 Å². The van der Waals surface area contributed by atoms with Gasteiger partial charge in [0, 0.05) is 18.7 Å². The minimum Gasteiger partial charge on any atom is -0.504 e. The highest BCUT2D eigenvalue weighted by Crippen LogP contribution is 2.43. The molecule has 0 bridgehead atoms. The lowest BCUT2D eigenvalue weighted by Gasteiger charge is -2.27. The van der Waals surface area contributed by atoms with Crippen LogP contribution in [-0.2, 0) is 16.4 Å². The number of rotatable bonds is 5. The van der Waals surface area contributed by atoms with Crippen LogP contribution < -0.4 is 21.7 Å². The molecular formula is C19H22ClFN4O4S. The first-order chi connectivity index (χ1) is 14.2. The topological polar surface area (TPSA) is 139 Å². The molecule has 6 N–H and O–H groups in total. The smallest absolute Gasteiger partial charge is 0.324 e. The zero-order chi connectivity index (χ0) is 22.1. The predicted octanol–water partition coefficient (Wildman–Crippen LogP) is 2.39. The third kappa shape index (κ3) is 3.95. The van der Waals surface area contributed by atoms with Gasteiger partial charge in [0.05, 0.1) is 21.6 Å². The number of aromatic hydroxyl groups is 1. The summed E-state index contributed by atoms with van der Waals surface area (Å²) in [6.07, 6.45) is 1.05. The van der Waals surface area contributed by atoms with E-state index >= 15 is 0 Å². The largest absolute Gasteiger partial charge is 0.504 e. The van der Waals surface area contributed by atoms with Gasteiger partial charge >= 0.3 is 6.03 Å². The van der Waals surface area contributed by atoms with Crippen molar-refractivity contribution in [3.63, 3.8) is 0 Å². The Bertz CT molecular complexity index is 1070. The van der Waals surface area contributed by atoms with Crippen molar-refractivity contribution in [3.05, 3.63) is 46.7 Å². The molecule has 8 nitrogen and oxygen atoms in total. The van der Waals surface area contributed by atoms with E-state index < -0.39 is 37.6 Å². The first-order valence-electron chi connectivity index (χ1n) is 9.23. The lowest BCUT2D eigenvalue weighted by molar-refractivity contribution is 0.255. The Balaban J connectivity index is 2.20. The quantitative estimate of drug-likeness (QED) is 0.544. The van der Waals surface area contributed by atoms with Crippen molar-refractivity contribution in [2.24, 2.45) is 11.5 Å². The molecule has 0 aliphatic carbocycles. The number of nitrogens with one attached hydrogen (secondary N) is 1. The molecule has 30 heavy (non-hydrogen) atoms. The minimum absolute atomic E-state index is 0.00898. The van der Waals surface area contributed by atoms with Crippen molar-refractivity contribution in [1.29, 1.82) is 0 Å². The zero-order valence-electron chi connectivity index (χ0n) is 15.9. The molecule has 3 rings (SSSR count).